The molecule has 0 N–H and O–H groups in total. The molecule has 6 aromatic carbocycles. The molecule has 7 rings (SSSR count). The molecule has 0 saturated carbocycles. The normalized spacial score (nSPS) is 12.2. The van der Waals surface area contributed by atoms with Crippen LogP contribution in [0.3, 0.4) is 0 Å². The predicted octanol–water partition coefficient (Wildman–Crippen LogP) is 13.0. The van der Waals surface area contributed by atoms with Gasteiger partial charge in [-0.25, -0.2) is 10.0 Å². The van der Waals surface area contributed by atoms with Gasteiger partial charge in [-0.15, -0.1) is 0 Å². The van der Waals surface area contributed by atoms with Gasteiger partial charge in [0.2, 0.25) is 0 Å². The van der Waals surface area contributed by atoms with Crippen molar-refractivity contribution in [2.45, 2.75) is 55.2 Å². The first-order chi connectivity index (χ1) is 25.8. The van der Waals surface area contributed by atoms with Gasteiger partial charge in [0, 0.05) is 16.3 Å². The number of para-hydroxylation sites is 4. The predicted molar refractivity (Wildman–Crippen MR) is 223 cm³/mol. The number of hydrogen-bond acceptors (Lipinski definition) is 6. The fourth-order valence-corrected chi connectivity index (χ4v) is 7.65. The Morgan fingerprint density at radius 3 is 1.27 bits per heavy atom. The molecule has 6 heteroatoms. The SMILES string of the molecule is CCCCCCCCN1c2ccc(/C=N/N(c3ccccc3)c3ccccc3)cc2Sc2cc(/C=N/N(c3ccccc3)c3ccccc3)ccc21. The van der Waals surface area contributed by atoms with Gasteiger partial charge in [0.05, 0.1) is 46.6 Å². The molecule has 0 radical (unpaired) electrons. The number of nitrogens with zero attached hydrogens (tertiary/aromatic N) is 5. The van der Waals surface area contributed by atoms with Crippen LogP contribution in [0.2, 0.25) is 0 Å². The molecule has 0 atom stereocenters. The molecule has 0 aromatic heterocycles. The quantitative estimate of drug-likeness (QED) is 0.0607. The molecule has 0 amide bonds. The zero-order valence-electron chi connectivity index (χ0n) is 29.8. The first-order valence-electron chi connectivity index (χ1n) is 18.4. The lowest BCUT2D eigenvalue weighted by molar-refractivity contribution is 0.608. The lowest BCUT2D eigenvalue weighted by Gasteiger charge is -2.33. The van der Waals surface area contributed by atoms with Gasteiger partial charge in [0.15, 0.2) is 0 Å². The Labute approximate surface area is 312 Å². The van der Waals surface area contributed by atoms with Crippen LogP contribution >= 0.6 is 11.8 Å². The van der Waals surface area contributed by atoms with Gasteiger partial charge in [-0.2, -0.15) is 10.2 Å². The minimum atomic E-state index is 0.985. The molecule has 0 fully saturated rings. The summed E-state index contributed by atoms with van der Waals surface area (Å²) in [5.74, 6) is 0. The van der Waals surface area contributed by atoms with E-state index >= 15 is 0 Å². The van der Waals surface area contributed by atoms with Crippen molar-refractivity contribution in [1.29, 1.82) is 0 Å². The van der Waals surface area contributed by atoms with E-state index < -0.39 is 0 Å². The molecule has 6 aromatic rings. The van der Waals surface area contributed by atoms with Crippen LogP contribution in [0.5, 0.6) is 0 Å². The zero-order chi connectivity index (χ0) is 35.4. The zero-order valence-corrected chi connectivity index (χ0v) is 30.6. The maximum absolute atomic E-state index is 5.00. The van der Waals surface area contributed by atoms with E-state index in [1.807, 2.05) is 107 Å². The molecule has 1 aliphatic heterocycles. The van der Waals surface area contributed by atoms with Crippen LogP contribution in [0.15, 0.2) is 178 Å². The average molecular weight is 700 g/mol. The molecular formula is C46H45N5S. The van der Waals surface area contributed by atoms with Crippen molar-refractivity contribution in [3.05, 3.63) is 169 Å². The van der Waals surface area contributed by atoms with E-state index in [2.05, 4.69) is 96.8 Å². The average Bonchev–Trinajstić information content (AvgIpc) is 3.20. The largest absolute Gasteiger partial charge is 0.340 e. The van der Waals surface area contributed by atoms with Crippen molar-refractivity contribution in [1.82, 2.24) is 0 Å². The third-order valence-corrected chi connectivity index (χ3v) is 10.2. The van der Waals surface area contributed by atoms with Crippen molar-refractivity contribution in [3.8, 4) is 0 Å². The monoisotopic (exact) mass is 699 g/mol. The number of hydrazone groups is 2. The molecule has 0 spiro atoms. The number of unbranched alkanes of at least 4 members (excludes halogenated alkanes) is 5. The van der Waals surface area contributed by atoms with Crippen molar-refractivity contribution in [2.75, 3.05) is 21.5 Å². The maximum Gasteiger partial charge on any atom is 0.0652 e. The first kappa shape index (κ1) is 34.8. The van der Waals surface area contributed by atoms with Crippen molar-refractivity contribution in [3.63, 3.8) is 0 Å². The lowest BCUT2D eigenvalue weighted by atomic mass is 10.1. The van der Waals surface area contributed by atoms with E-state index in [0.29, 0.717) is 0 Å². The van der Waals surface area contributed by atoms with Crippen LogP contribution in [0, 0.1) is 0 Å². The van der Waals surface area contributed by atoms with Crippen molar-refractivity contribution in [2.24, 2.45) is 10.2 Å². The third-order valence-electron chi connectivity index (χ3n) is 9.15. The number of anilines is 6. The summed E-state index contributed by atoms with van der Waals surface area (Å²) < 4.78 is 0. The summed E-state index contributed by atoms with van der Waals surface area (Å²) in [5, 5.41) is 14.0. The Bertz CT molecular complexity index is 1850. The second-order valence-corrected chi connectivity index (χ2v) is 14.0. The van der Waals surface area contributed by atoms with Gasteiger partial charge in [0.1, 0.15) is 0 Å². The van der Waals surface area contributed by atoms with Crippen molar-refractivity contribution < 1.29 is 0 Å². The van der Waals surface area contributed by atoms with E-state index in [4.69, 9.17) is 10.2 Å². The van der Waals surface area contributed by atoms with Crippen LogP contribution in [0.1, 0.15) is 56.6 Å². The summed E-state index contributed by atoms with van der Waals surface area (Å²) in [6, 6.07) is 54.7. The van der Waals surface area contributed by atoms with Gasteiger partial charge in [0.25, 0.3) is 0 Å². The van der Waals surface area contributed by atoms with Crippen LogP contribution in [-0.2, 0) is 0 Å². The number of fused-ring (bicyclic) bond motifs is 2. The molecule has 5 nitrogen and oxygen atoms in total. The van der Waals surface area contributed by atoms with E-state index in [0.717, 1.165) is 46.8 Å². The molecule has 1 aliphatic rings. The van der Waals surface area contributed by atoms with E-state index in [1.54, 1.807) is 0 Å². The summed E-state index contributed by atoms with van der Waals surface area (Å²) >= 11 is 1.83. The highest BCUT2D eigenvalue weighted by Crippen LogP contribution is 2.48. The number of benzene rings is 6. The Hall–Kier alpha value is -5.59. The Kier molecular flexibility index (Phi) is 11.8. The standard InChI is InChI=1S/C46H45N5S/c1-2-3-4-5-6-19-32-49-43-30-28-37(35-47-50(39-20-11-7-12-21-39)40-22-13-8-14-23-40)33-45(43)52-46-34-38(29-31-44(46)49)36-48-51(41-24-15-9-16-25-41)42-26-17-10-18-27-42/h7-18,20-31,33-36H,2-6,19,32H2,1H3/b47-35+,48-36+. The van der Waals surface area contributed by atoms with Crippen LogP contribution < -0.4 is 14.9 Å². The fourth-order valence-electron chi connectivity index (χ4n) is 6.46. The molecule has 0 saturated heterocycles. The highest BCUT2D eigenvalue weighted by molar-refractivity contribution is 7.99. The lowest BCUT2D eigenvalue weighted by Crippen LogP contribution is -2.22. The topological polar surface area (TPSA) is 34.4 Å². The van der Waals surface area contributed by atoms with Crippen LogP contribution in [0.25, 0.3) is 0 Å². The fraction of sp³-hybridized carbons (Fsp3) is 0.174. The smallest absolute Gasteiger partial charge is 0.0652 e. The highest BCUT2D eigenvalue weighted by atomic mass is 32.2. The Balaban J connectivity index is 1.18. The summed E-state index contributed by atoms with van der Waals surface area (Å²) in [6.07, 6.45) is 11.5. The summed E-state index contributed by atoms with van der Waals surface area (Å²) in [7, 11) is 0. The number of rotatable bonds is 15. The van der Waals surface area contributed by atoms with Gasteiger partial charge in [-0.05, 0) is 90.3 Å². The summed E-state index contributed by atoms with van der Waals surface area (Å²) in [4.78, 5) is 4.99. The van der Waals surface area contributed by atoms with Gasteiger partial charge in [-0.3, -0.25) is 0 Å². The Morgan fingerprint density at radius 1 is 0.481 bits per heavy atom. The summed E-state index contributed by atoms with van der Waals surface area (Å²) in [5.41, 5.74) is 8.70. The number of hydrogen-bond donors (Lipinski definition) is 0. The molecule has 0 bridgehead atoms. The molecule has 0 unspecified atom stereocenters. The molecular weight excluding hydrogens is 655 g/mol. The van der Waals surface area contributed by atoms with E-state index in [9.17, 15) is 0 Å². The summed E-state index contributed by atoms with van der Waals surface area (Å²) in [6.45, 7) is 3.26. The minimum absolute atomic E-state index is 0.985. The van der Waals surface area contributed by atoms with Gasteiger partial charge in [-0.1, -0.05) is 136 Å². The highest BCUT2D eigenvalue weighted by Gasteiger charge is 2.24. The molecule has 1 heterocycles. The van der Waals surface area contributed by atoms with E-state index in [-0.39, 0.29) is 0 Å². The molecule has 260 valence electrons. The Morgan fingerprint density at radius 2 is 0.865 bits per heavy atom. The van der Waals surface area contributed by atoms with Gasteiger partial charge < -0.3 is 4.90 Å². The molecule has 0 aliphatic carbocycles. The van der Waals surface area contributed by atoms with Crippen LogP contribution in [0.4, 0.5) is 34.1 Å². The first-order valence-corrected chi connectivity index (χ1v) is 19.2. The second kappa shape index (κ2) is 17.6. The second-order valence-electron chi connectivity index (χ2n) is 12.9. The maximum atomic E-state index is 5.00. The van der Waals surface area contributed by atoms with Crippen molar-refractivity contribution >= 4 is 58.3 Å². The third kappa shape index (κ3) is 8.64. The molecule has 52 heavy (non-hydrogen) atoms. The van der Waals surface area contributed by atoms with Crippen LogP contribution in [-0.4, -0.2) is 19.0 Å². The minimum Gasteiger partial charge on any atom is -0.340 e. The van der Waals surface area contributed by atoms with Gasteiger partial charge >= 0.3 is 0 Å². The van der Waals surface area contributed by atoms with E-state index in [1.165, 1.54) is 53.3 Å².